The fourth-order valence-electron chi connectivity index (χ4n) is 7.87. The molecule has 0 amide bonds. The molecule has 1 aromatic carbocycles. The van der Waals surface area contributed by atoms with E-state index in [4.69, 9.17) is 25.0 Å². The topological polar surface area (TPSA) is 129 Å². The number of ether oxygens (including phenoxy) is 1. The van der Waals surface area contributed by atoms with Crippen molar-refractivity contribution < 1.29 is 18.0 Å². The molecule has 4 heterocycles. The molecule has 2 aliphatic heterocycles. The number of nitrogen functional groups attached to an aromatic ring is 1. The first-order chi connectivity index (χ1) is 21.7. The predicted molar refractivity (Wildman–Crippen MR) is 166 cm³/mol. The highest BCUT2D eigenvalue weighted by molar-refractivity contribution is 5.65. The summed E-state index contributed by atoms with van der Waals surface area (Å²) in [5, 5.41) is 17.9. The molecule has 238 valence electrons. The number of aryl methyl sites for hydroxylation is 1. The average molecular weight is 619 g/mol. The molecule has 2 aromatic heterocycles. The van der Waals surface area contributed by atoms with Gasteiger partial charge in [-0.25, -0.2) is 13.8 Å². The molecule has 4 aliphatic rings. The molecule has 12 heteroatoms. The lowest BCUT2D eigenvalue weighted by molar-refractivity contribution is -0.133. The Hall–Kier alpha value is -3.82. The Morgan fingerprint density at radius 1 is 1.20 bits per heavy atom. The summed E-state index contributed by atoms with van der Waals surface area (Å²) in [6, 6.07) is 8.24. The van der Waals surface area contributed by atoms with Crippen LogP contribution >= 0.6 is 0 Å². The van der Waals surface area contributed by atoms with Gasteiger partial charge in [0.25, 0.3) is 5.92 Å². The summed E-state index contributed by atoms with van der Waals surface area (Å²) < 4.78 is 40.3. The summed E-state index contributed by atoms with van der Waals surface area (Å²) in [7, 11) is 2.10. The number of nitrogens with two attached hydrogens (primary N) is 1. The van der Waals surface area contributed by atoms with E-state index in [2.05, 4.69) is 40.3 Å². The SMILES string of the molecule is CCc1ccc(N)c(C#N)c1C1CCCc2c(-c3nc(OCC4CCCN4C)cc(N4CCNC5(C4)CC(F)(F)C5)n3)noc21. The number of likely N-dealkylation sites (N-methyl/N-ethyl adjacent to an activating group) is 1. The van der Waals surface area contributed by atoms with Crippen molar-refractivity contribution in [1.82, 2.24) is 25.3 Å². The largest absolute Gasteiger partial charge is 0.476 e. The van der Waals surface area contributed by atoms with E-state index in [0.29, 0.717) is 66.8 Å². The number of alkyl halides is 2. The van der Waals surface area contributed by atoms with Crippen molar-refractivity contribution in [3.8, 4) is 23.5 Å². The molecule has 3 aromatic rings. The fourth-order valence-corrected chi connectivity index (χ4v) is 7.87. The maximum Gasteiger partial charge on any atom is 0.251 e. The van der Waals surface area contributed by atoms with Crippen LogP contribution in [0.5, 0.6) is 5.88 Å². The molecule has 1 spiro atoms. The summed E-state index contributed by atoms with van der Waals surface area (Å²) in [5.41, 5.74) is 10.0. The van der Waals surface area contributed by atoms with Crippen LogP contribution in [0.4, 0.5) is 20.3 Å². The van der Waals surface area contributed by atoms with Gasteiger partial charge in [0, 0.05) is 67.3 Å². The lowest BCUT2D eigenvalue weighted by Gasteiger charge is -2.53. The van der Waals surface area contributed by atoms with E-state index in [1.165, 1.54) is 0 Å². The van der Waals surface area contributed by atoms with Gasteiger partial charge in [0.05, 0.1) is 5.56 Å². The first-order valence-electron chi connectivity index (χ1n) is 16.1. The van der Waals surface area contributed by atoms with Crippen LogP contribution in [0.3, 0.4) is 0 Å². The molecule has 2 unspecified atom stereocenters. The van der Waals surface area contributed by atoms with E-state index in [1.807, 2.05) is 12.1 Å². The van der Waals surface area contributed by atoms with Crippen molar-refractivity contribution >= 4 is 11.5 Å². The van der Waals surface area contributed by atoms with Crippen molar-refractivity contribution in [1.29, 1.82) is 5.26 Å². The first kappa shape index (κ1) is 29.9. The van der Waals surface area contributed by atoms with Crippen LogP contribution in [0.15, 0.2) is 22.7 Å². The number of hydrogen-bond donors (Lipinski definition) is 2. The first-order valence-corrected chi connectivity index (χ1v) is 16.1. The second-order valence-corrected chi connectivity index (χ2v) is 13.2. The summed E-state index contributed by atoms with van der Waals surface area (Å²) in [5.74, 6) is -0.629. The van der Waals surface area contributed by atoms with E-state index >= 15 is 0 Å². The summed E-state index contributed by atoms with van der Waals surface area (Å²) in [6.45, 7) is 5.24. The summed E-state index contributed by atoms with van der Waals surface area (Å²) in [6.07, 6.45) is 5.00. The zero-order chi connectivity index (χ0) is 31.3. The molecule has 2 aliphatic carbocycles. The van der Waals surface area contributed by atoms with Crippen molar-refractivity contribution in [3.05, 3.63) is 46.2 Å². The molecule has 2 atom stereocenters. The third-order valence-corrected chi connectivity index (χ3v) is 10.2. The van der Waals surface area contributed by atoms with Crippen molar-refractivity contribution in [3.63, 3.8) is 0 Å². The van der Waals surface area contributed by atoms with Crippen molar-refractivity contribution in [2.45, 2.75) is 81.7 Å². The number of benzene rings is 1. The highest BCUT2D eigenvalue weighted by Gasteiger charge is 2.57. The number of nitriles is 1. The number of rotatable bonds is 7. The van der Waals surface area contributed by atoms with E-state index in [-0.39, 0.29) is 18.8 Å². The van der Waals surface area contributed by atoms with Gasteiger partial charge >= 0.3 is 0 Å². The van der Waals surface area contributed by atoms with E-state index < -0.39 is 11.5 Å². The molecule has 10 nitrogen and oxygen atoms in total. The monoisotopic (exact) mass is 618 g/mol. The number of anilines is 2. The van der Waals surface area contributed by atoms with Gasteiger partial charge in [-0.3, -0.25) is 0 Å². The second kappa shape index (κ2) is 11.5. The zero-order valence-electron chi connectivity index (χ0n) is 25.9. The lowest BCUT2D eigenvalue weighted by atomic mass is 9.72. The molecule has 0 bridgehead atoms. The minimum Gasteiger partial charge on any atom is -0.476 e. The molecule has 1 saturated carbocycles. The third kappa shape index (κ3) is 5.50. The molecular weight excluding hydrogens is 578 g/mol. The summed E-state index contributed by atoms with van der Waals surface area (Å²) >= 11 is 0. The minimum absolute atomic E-state index is 0.159. The number of nitrogens with one attached hydrogen (secondary N) is 1. The van der Waals surface area contributed by atoms with Gasteiger partial charge in [-0.1, -0.05) is 18.1 Å². The van der Waals surface area contributed by atoms with Crippen LogP contribution in [-0.2, 0) is 12.8 Å². The van der Waals surface area contributed by atoms with Crippen LogP contribution in [0.1, 0.15) is 79.4 Å². The Balaban J connectivity index is 1.26. The van der Waals surface area contributed by atoms with Gasteiger partial charge in [-0.2, -0.15) is 10.2 Å². The molecule has 3 N–H and O–H groups in total. The number of nitrogens with zero attached hydrogens (tertiary/aromatic N) is 6. The quantitative estimate of drug-likeness (QED) is 0.361. The van der Waals surface area contributed by atoms with Gasteiger partial charge in [0.2, 0.25) is 5.88 Å². The molecule has 45 heavy (non-hydrogen) atoms. The Morgan fingerprint density at radius 3 is 2.78 bits per heavy atom. The normalized spacial score (nSPS) is 23.8. The van der Waals surface area contributed by atoms with Crippen molar-refractivity contribution in [2.24, 2.45) is 0 Å². The standard InChI is InChI=1S/C33H40F2N8O2/c1-3-20-9-10-25(37)24(15-36)28(20)22-7-4-8-23-29(41-45-30(22)23)31-39-26(14-27(40-31)44-16-21-6-5-12-42(21)2)43-13-11-38-32(19-43)17-33(34,35)18-32/h9-10,14,21-22,38H,3-8,11-13,16-19,37H2,1-2H3. The molecule has 3 fully saturated rings. The van der Waals surface area contributed by atoms with E-state index in [0.717, 1.165) is 67.5 Å². The third-order valence-electron chi connectivity index (χ3n) is 10.2. The molecular formula is C33H40F2N8O2. The van der Waals surface area contributed by atoms with Gasteiger partial charge in [0.1, 0.15) is 24.3 Å². The summed E-state index contributed by atoms with van der Waals surface area (Å²) in [4.78, 5) is 14.1. The zero-order valence-corrected chi connectivity index (χ0v) is 25.9. The Bertz CT molecular complexity index is 1630. The predicted octanol–water partition coefficient (Wildman–Crippen LogP) is 4.67. The van der Waals surface area contributed by atoms with Gasteiger partial charge < -0.3 is 30.1 Å². The van der Waals surface area contributed by atoms with Crippen molar-refractivity contribution in [2.75, 3.05) is 50.5 Å². The van der Waals surface area contributed by atoms with Gasteiger partial charge in [0.15, 0.2) is 11.5 Å². The number of fused-ring (bicyclic) bond motifs is 1. The number of aromatic nitrogens is 3. The van der Waals surface area contributed by atoms with Crippen LogP contribution in [0.2, 0.25) is 0 Å². The average Bonchev–Trinajstić information content (AvgIpc) is 3.64. The van der Waals surface area contributed by atoms with E-state index in [9.17, 15) is 14.0 Å². The Labute approximate surface area is 261 Å². The Morgan fingerprint density at radius 2 is 2.04 bits per heavy atom. The molecule has 0 radical (unpaired) electrons. The van der Waals surface area contributed by atoms with Crippen LogP contribution in [0, 0.1) is 11.3 Å². The fraction of sp³-hybridized carbons (Fsp3) is 0.576. The highest BCUT2D eigenvalue weighted by atomic mass is 19.3. The highest BCUT2D eigenvalue weighted by Crippen LogP contribution is 2.48. The van der Waals surface area contributed by atoms with E-state index in [1.54, 1.807) is 6.07 Å². The maximum atomic E-state index is 14.0. The lowest BCUT2D eigenvalue weighted by Crippen LogP contribution is -2.70. The van der Waals surface area contributed by atoms with Gasteiger partial charge in [-0.15, -0.1) is 0 Å². The minimum atomic E-state index is -2.64. The second-order valence-electron chi connectivity index (χ2n) is 13.2. The van der Waals surface area contributed by atoms with Crippen LogP contribution < -0.4 is 20.7 Å². The van der Waals surface area contributed by atoms with Crippen LogP contribution in [0.25, 0.3) is 11.5 Å². The maximum absolute atomic E-state index is 14.0. The smallest absolute Gasteiger partial charge is 0.251 e. The number of piperazine rings is 1. The molecule has 2 saturated heterocycles. The van der Waals surface area contributed by atoms with Crippen LogP contribution in [-0.4, -0.2) is 77.4 Å². The number of likely N-dealkylation sites (tertiary alicyclic amines) is 1. The Kier molecular flexibility index (Phi) is 7.64. The van der Waals surface area contributed by atoms with Gasteiger partial charge in [-0.05, 0) is 69.3 Å². The number of halogens is 2. The number of hydrogen-bond acceptors (Lipinski definition) is 10. The molecule has 7 rings (SSSR count).